The van der Waals surface area contributed by atoms with Gasteiger partial charge in [-0.15, -0.1) is 0 Å². The van der Waals surface area contributed by atoms with Crippen molar-refractivity contribution in [2.45, 2.75) is 19.0 Å². The lowest BCUT2D eigenvalue weighted by atomic mass is 10.1. The van der Waals surface area contributed by atoms with E-state index in [1.54, 1.807) is 30.1 Å². The van der Waals surface area contributed by atoms with Crippen LogP contribution in [-0.4, -0.2) is 53.6 Å². The third-order valence-corrected chi connectivity index (χ3v) is 7.38. The first-order chi connectivity index (χ1) is 14.3. The minimum absolute atomic E-state index is 0.00364. The van der Waals surface area contributed by atoms with Gasteiger partial charge in [0.15, 0.2) is 9.84 Å². The van der Waals surface area contributed by atoms with Crippen LogP contribution in [0.5, 0.6) is 0 Å². The second kappa shape index (κ2) is 8.24. The molecule has 0 radical (unpaired) electrons. The third kappa shape index (κ3) is 4.42. The van der Waals surface area contributed by atoms with Gasteiger partial charge in [-0.2, -0.15) is 5.10 Å². The molecule has 30 heavy (non-hydrogen) atoms. The topological polar surface area (TPSA) is 72.3 Å². The quantitative estimate of drug-likeness (QED) is 0.605. The van der Waals surface area contributed by atoms with Crippen molar-refractivity contribution in [3.63, 3.8) is 0 Å². The van der Waals surface area contributed by atoms with Gasteiger partial charge in [0.25, 0.3) is 5.91 Å². The average molecular weight is 444 g/mol. The van der Waals surface area contributed by atoms with Gasteiger partial charge >= 0.3 is 0 Å². The number of aromatic nitrogens is 2. The number of rotatable bonds is 5. The maximum Gasteiger partial charge on any atom is 0.257 e. The van der Waals surface area contributed by atoms with E-state index >= 15 is 0 Å². The summed E-state index contributed by atoms with van der Waals surface area (Å²) in [5, 5.41) is 5.27. The summed E-state index contributed by atoms with van der Waals surface area (Å²) >= 11 is 6.02. The molecular weight excluding hydrogens is 422 g/mol. The Bertz CT molecular complexity index is 1160. The molecular formula is C22H22ClN3O3S. The highest BCUT2D eigenvalue weighted by Gasteiger charge is 2.34. The summed E-state index contributed by atoms with van der Waals surface area (Å²) < 4.78 is 25.5. The molecule has 0 N–H and O–H groups in total. The molecule has 0 saturated carbocycles. The van der Waals surface area contributed by atoms with Crippen LogP contribution in [0, 0.1) is 0 Å². The molecule has 156 valence electrons. The van der Waals surface area contributed by atoms with Gasteiger partial charge in [-0.1, -0.05) is 54.1 Å². The SMILES string of the molecule is CN(C(=O)c1cn(Cc2ccccc2)nc1-c1ccc(Cl)cc1)[C@@H]1CCS(=O)(=O)C1. The van der Waals surface area contributed by atoms with Gasteiger partial charge in [-0.05, 0) is 24.1 Å². The lowest BCUT2D eigenvalue weighted by Crippen LogP contribution is -2.37. The monoisotopic (exact) mass is 443 g/mol. The van der Waals surface area contributed by atoms with Crippen molar-refractivity contribution in [2.24, 2.45) is 0 Å². The zero-order valence-electron chi connectivity index (χ0n) is 16.5. The van der Waals surface area contributed by atoms with Gasteiger partial charge in [0.2, 0.25) is 0 Å². The molecule has 1 aromatic heterocycles. The van der Waals surface area contributed by atoms with E-state index in [-0.39, 0.29) is 23.5 Å². The summed E-state index contributed by atoms with van der Waals surface area (Å²) in [5.41, 5.74) is 2.85. The highest BCUT2D eigenvalue weighted by Crippen LogP contribution is 2.27. The number of halogens is 1. The van der Waals surface area contributed by atoms with E-state index in [4.69, 9.17) is 11.6 Å². The van der Waals surface area contributed by atoms with Gasteiger partial charge in [0.1, 0.15) is 5.69 Å². The Morgan fingerprint density at radius 1 is 1.17 bits per heavy atom. The standard InChI is InChI=1S/C22H22ClN3O3S/c1-25(19-11-12-30(28,29)15-19)22(27)20-14-26(13-16-5-3-2-4-6-16)24-21(20)17-7-9-18(23)10-8-17/h2-10,14,19H,11-13,15H2,1H3/t19-/m1/s1. The minimum Gasteiger partial charge on any atom is -0.338 e. The molecule has 2 heterocycles. The summed E-state index contributed by atoms with van der Waals surface area (Å²) in [7, 11) is -1.43. The Morgan fingerprint density at radius 3 is 2.50 bits per heavy atom. The first-order valence-electron chi connectivity index (χ1n) is 9.67. The first kappa shape index (κ1) is 20.6. The molecule has 0 aliphatic carbocycles. The largest absolute Gasteiger partial charge is 0.338 e. The van der Waals surface area contributed by atoms with Crippen molar-refractivity contribution in [3.8, 4) is 11.3 Å². The number of hydrogen-bond donors (Lipinski definition) is 0. The fraction of sp³-hybridized carbons (Fsp3) is 0.273. The number of nitrogens with zero attached hydrogens (tertiary/aromatic N) is 3. The zero-order chi connectivity index (χ0) is 21.3. The summed E-state index contributed by atoms with van der Waals surface area (Å²) in [6, 6.07) is 16.7. The van der Waals surface area contributed by atoms with Crippen LogP contribution < -0.4 is 0 Å². The van der Waals surface area contributed by atoms with E-state index in [9.17, 15) is 13.2 Å². The summed E-state index contributed by atoms with van der Waals surface area (Å²) in [6.07, 6.45) is 2.19. The van der Waals surface area contributed by atoms with Crippen molar-refractivity contribution >= 4 is 27.3 Å². The van der Waals surface area contributed by atoms with Crippen molar-refractivity contribution < 1.29 is 13.2 Å². The molecule has 1 fully saturated rings. The molecule has 8 heteroatoms. The van der Waals surface area contributed by atoms with Crippen molar-refractivity contribution in [3.05, 3.63) is 76.9 Å². The van der Waals surface area contributed by atoms with Crippen LogP contribution in [0.15, 0.2) is 60.8 Å². The molecule has 0 spiro atoms. The second-order valence-electron chi connectivity index (χ2n) is 7.55. The first-order valence-corrected chi connectivity index (χ1v) is 11.9. The molecule has 0 unspecified atom stereocenters. The highest BCUT2D eigenvalue weighted by atomic mass is 35.5. The van der Waals surface area contributed by atoms with Crippen molar-refractivity contribution in [2.75, 3.05) is 18.6 Å². The third-order valence-electron chi connectivity index (χ3n) is 5.37. The molecule has 1 amide bonds. The number of sulfone groups is 1. The van der Waals surface area contributed by atoms with Crippen LogP contribution in [-0.2, 0) is 16.4 Å². The van der Waals surface area contributed by atoms with Crippen LogP contribution >= 0.6 is 11.6 Å². The van der Waals surface area contributed by atoms with E-state index < -0.39 is 9.84 Å². The van der Waals surface area contributed by atoms with E-state index in [1.165, 1.54) is 4.90 Å². The molecule has 1 aliphatic rings. The predicted octanol–water partition coefficient (Wildman–Crippen LogP) is 3.51. The van der Waals surface area contributed by atoms with E-state index in [0.717, 1.165) is 11.1 Å². The molecule has 1 atom stereocenters. The van der Waals surface area contributed by atoms with Crippen molar-refractivity contribution in [1.82, 2.24) is 14.7 Å². The molecule has 2 aromatic carbocycles. The summed E-state index contributed by atoms with van der Waals surface area (Å²) in [6.45, 7) is 0.524. The summed E-state index contributed by atoms with van der Waals surface area (Å²) in [5.74, 6) is -0.114. The maximum atomic E-state index is 13.3. The molecule has 0 bridgehead atoms. The highest BCUT2D eigenvalue weighted by molar-refractivity contribution is 7.91. The van der Waals surface area contributed by atoms with Gasteiger partial charge in [-0.3, -0.25) is 9.48 Å². The number of carbonyl (C=O) groups excluding carboxylic acids is 1. The Balaban J connectivity index is 1.69. The lowest BCUT2D eigenvalue weighted by Gasteiger charge is -2.23. The molecule has 1 aliphatic heterocycles. The van der Waals surface area contributed by atoms with Crippen LogP contribution in [0.1, 0.15) is 22.3 Å². The molecule has 4 rings (SSSR count). The van der Waals surface area contributed by atoms with Gasteiger partial charge < -0.3 is 4.90 Å². The maximum absolute atomic E-state index is 13.3. The number of amides is 1. The van der Waals surface area contributed by atoms with Gasteiger partial charge in [0.05, 0.1) is 23.6 Å². The Hall–Kier alpha value is -2.64. The van der Waals surface area contributed by atoms with Gasteiger partial charge in [0, 0.05) is 29.9 Å². The zero-order valence-corrected chi connectivity index (χ0v) is 18.1. The number of carbonyl (C=O) groups is 1. The van der Waals surface area contributed by atoms with Crippen LogP contribution in [0.25, 0.3) is 11.3 Å². The fourth-order valence-corrected chi connectivity index (χ4v) is 5.59. The number of hydrogen-bond acceptors (Lipinski definition) is 4. The smallest absolute Gasteiger partial charge is 0.257 e. The molecule has 1 saturated heterocycles. The Kier molecular flexibility index (Phi) is 5.66. The van der Waals surface area contributed by atoms with Crippen molar-refractivity contribution in [1.29, 1.82) is 0 Å². The minimum atomic E-state index is -3.09. The van der Waals surface area contributed by atoms with Crippen LogP contribution in [0.2, 0.25) is 5.02 Å². The number of benzene rings is 2. The molecule has 6 nitrogen and oxygen atoms in total. The Labute approximate surface area is 181 Å². The predicted molar refractivity (Wildman–Crippen MR) is 117 cm³/mol. The second-order valence-corrected chi connectivity index (χ2v) is 10.2. The lowest BCUT2D eigenvalue weighted by molar-refractivity contribution is 0.0748. The van der Waals surface area contributed by atoms with E-state index in [2.05, 4.69) is 5.10 Å². The van der Waals surface area contributed by atoms with Crippen LogP contribution in [0.3, 0.4) is 0 Å². The Morgan fingerprint density at radius 2 is 1.87 bits per heavy atom. The van der Waals surface area contributed by atoms with Crippen LogP contribution in [0.4, 0.5) is 0 Å². The van der Waals surface area contributed by atoms with E-state index in [0.29, 0.717) is 29.2 Å². The average Bonchev–Trinajstić information content (AvgIpc) is 3.31. The van der Waals surface area contributed by atoms with E-state index in [1.807, 2.05) is 42.5 Å². The summed E-state index contributed by atoms with van der Waals surface area (Å²) in [4.78, 5) is 14.9. The molecule has 3 aromatic rings. The van der Waals surface area contributed by atoms with Gasteiger partial charge in [-0.25, -0.2) is 8.42 Å². The normalized spacial score (nSPS) is 17.7. The fourth-order valence-electron chi connectivity index (χ4n) is 3.69.